The van der Waals surface area contributed by atoms with E-state index in [1.165, 1.54) is 5.56 Å². The first-order chi connectivity index (χ1) is 13.7. The average Bonchev–Trinajstić information content (AvgIpc) is 2.74. The summed E-state index contributed by atoms with van der Waals surface area (Å²) >= 11 is 0. The van der Waals surface area contributed by atoms with Gasteiger partial charge >= 0.3 is 0 Å². The smallest absolute Gasteiger partial charge is 0.271 e. The molecule has 142 valence electrons. The number of nitrogens with zero attached hydrogens (tertiary/aromatic N) is 2. The third kappa shape index (κ3) is 5.20. The van der Waals surface area contributed by atoms with E-state index in [9.17, 15) is 4.79 Å². The van der Waals surface area contributed by atoms with E-state index in [-0.39, 0.29) is 5.91 Å². The lowest BCUT2D eigenvalue weighted by atomic mass is 10.1. The number of anilines is 2. The summed E-state index contributed by atoms with van der Waals surface area (Å²) in [5, 5.41) is 4.03. The highest BCUT2D eigenvalue weighted by molar-refractivity contribution is 5.95. The third-order valence-electron chi connectivity index (χ3n) is 4.41. The quantitative estimate of drug-likeness (QED) is 0.373. The van der Waals surface area contributed by atoms with Crippen LogP contribution in [0.5, 0.6) is 0 Å². The molecular weight excluding hydrogens is 348 g/mol. The van der Waals surface area contributed by atoms with E-state index < -0.39 is 0 Å². The maximum atomic E-state index is 12.0. The van der Waals surface area contributed by atoms with Crippen LogP contribution in [0.1, 0.15) is 28.4 Å². The lowest BCUT2D eigenvalue weighted by molar-refractivity contribution is 0.0955. The highest BCUT2D eigenvalue weighted by Gasteiger charge is 2.05. The van der Waals surface area contributed by atoms with Crippen molar-refractivity contribution in [1.29, 1.82) is 0 Å². The molecule has 3 N–H and O–H groups in total. The Bertz CT molecular complexity index is 919. The van der Waals surface area contributed by atoms with E-state index in [0.717, 1.165) is 24.3 Å². The number of nitrogens with one attached hydrogen (secondary N) is 1. The maximum Gasteiger partial charge on any atom is 0.271 e. The van der Waals surface area contributed by atoms with E-state index in [1.54, 1.807) is 30.5 Å². The Hall–Kier alpha value is -3.60. The Morgan fingerprint density at radius 1 is 1.00 bits per heavy atom. The fourth-order valence-corrected chi connectivity index (χ4v) is 2.83. The second-order valence-electron chi connectivity index (χ2n) is 6.41. The van der Waals surface area contributed by atoms with Crippen molar-refractivity contribution in [3.63, 3.8) is 0 Å². The van der Waals surface area contributed by atoms with Crippen molar-refractivity contribution < 1.29 is 4.79 Å². The van der Waals surface area contributed by atoms with Crippen LogP contribution in [0.15, 0.2) is 84.0 Å². The molecule has 1 amide bonds. The molecule has 0 fully saturated rings. The van der Waals surface area contributed by atoms with E-state index in [1.807, 2.05) is 18.2 Å². The van der Waals surface area contributed by atoms with Crippen LogP contribution in [-0.4, -0.2) is 18.7 Å². The predicted molar refractivity (Wildman–Crippen MR) is 116 cm³/mol. The molecule has 3 rings (SSSR count). The molecule has 5 heteroatoms. The number of hydrazone groups is 1. The summed E-state index contributed by atoms with van der Waals surface area (Å²) in [7, 11) is 0. The van der Waals surface area contributed by atoms with Gasteiger partial charge in [-0.15, -0.1) is 0 Å². The van der Waals surface area contributed by atoms with Gasteiger partial charge in [-0.1, -0.05) is 42.5 Å². The maximum absolute atomic E-state index is 12.0. The van der Waals surface area contributed by atoms with Crippen molar-refractivity contribution in [3.05, 3.63) is 95.6 Å². The summed E-state index contributed by atoms with van der Waals surface area (Å²) in [6, 6.07) is 25.2. The molecule has 0 saturated heterocycles. The first kappa shape index (κ1) is 19.2. The highest BCUT2D eigenvalue weighted by atomic mass is 16.2. The number of amides is 1. The monoisotopic (exact) mass is 372 g/mol. The molecule has 0 unspecified atom stereocenters. The zero-order chi connectivity index (χ0) is 19.8. The number of hydrogen-bond acceptors (Lipinski definition) is 4. The van der Waals surface area contributed by atoms with Crippen LogP contribution in [-0.2, 0) is 6.54 Å². The number of hydrogen-bond donors (Lipinski definition) is 2. The standard InChI is InChI=1S/C23H24N4O/c1-2-27(17-19-6-4-3-5-7-19)22-14-8-18(9-15-22)16-25-26-23(28)20-10-12-21(24)13-11-20/h3-16H,2,17,24H2,1H3,(H,26,28)/b25-16-. The molecule has 0 aromatic heterocycles. The molecule has 0 bridgehead atoms. The van der Waals surface area contributed by atoms with Gasteiger partial charge in [0.25, 0.3) is 5.91 Å². The zero-order valence-corrected chi connectivity index (χ0v) is 15.9. The van der Waals surface area contributed by atoms with Crippen molar-refractivity contribution in [2.75, 3.05) is 17.2 Å². The highest BCUT2D eigenvalue weighted by Crippen LogP contribution is 2.17. The minimum absolute atomic E-state index is 0.270. The van der Waals surface area contributed by atoms with Crippen LogP contribution in [0, 0.1) is 0 Å². The summed E-state index contributed by atoms with van der Waals surface area (Å²) in [5.74, 6) is -0.270. The Morgan fingerprint density at radius 2 is 1.68 bits per heavy atom. The molecule has 3 aromatic carbocycles. The van der Waals surface area contributed by atoms with Gasteiger partial charge in [-0.3, -0.25) is 4.79 Å². The average molecular weight is 372 g/mol. The molecule has 0 aliphatic rings. The van der Waals surface area contributed by atoms with Gasteiger partial charge in [0.2, 0.25) is 0 Å². The molecule has 0 heterocycles. The molecular formula is C23H24N4O. The number of carbonyl (C=O) groups is 1. The van der Waals surface area contributed by atoms with Crippen molar-refractivity contribution in [2.24, 2.45) is 5.10 Å². The van der Waals surface area contributed by atoms with Gasteiger partial charge in [-0.2, -0.15) is 5.10 Å². The lowest BCUT2D eigenvalue weighted by Crippen LogP contribution is -2.21. The SMILES string of the molecule is CCN(Cc1ccccc1)c1ccc(/C=N\NC(=O)c2ccc(N)cc2)cc1. The van der Waals surface area contributed by atoms with E-state index in [0.29, 0.717) is 11.3 Å². The van der Waals surface area contributed by atoms with Crippen molar-refractivity contribution in [2.45, 2.75) is 13.5 Å². The van der Waals surface area contributed by atoms with E-state index in [4.69, 9.17) is 5.73 Å². The number of rotatable bonds is 7. The number of carbonyl (C=O) groups excluding carboxylic acids is 1. The molecule has 0 aliphatic carbocycles. The van der Waals surface area contributed by atoms with Gasteiger partial charge in [0.15, 0.2) is 0 Å². The van der Waals surface area contributed by atoms with Crippen LogP contribution >= 0.6 is 0 Å². The van der Waals surface area contributed by atoms with Crippen molar-refractivity contribution >= 4 is 23.5 Å². The summed E-state index contributed by atoms with van der Waals surface area (Å²) in [6.07, 6.45) is 1.63. The van der Waals surface area contributed by atoms with Crippen molar-refractivity contribution in [3.8, 4) is 0 Å². The first-order valence-electron chi connectivity index (χ1n) is 9.23. The zero-order valence-electron chi connectivity index (χ0n) is 15.9. The molecule has 0 atom stereocenters. The van der Waals surface area contributed by atoms with Crippen LogP contribution in [0.4, 0.5) is 11.4 Å². The molecule has 28 heavy (non-hydrogen) atoms. The van der Waals surface area contributed by atoms with Crippen LogP contribution in [0.2, 0.25) is 0 Å². The molecule has 0 radical (unpaired) electrons. The molecule has 0 saturated carbocycles. The normalized spacial score (nSPS) is 10.8. The molecule has 0 aliphatic heterocycles. The van der Waals surface area contributed by atoms with Crippen LogP contribution < -0.4 is 16.1 Å². The van der Waals surface area contributed by atoms with E-state index >= 15 is 0 Å². The van der Waals surface area contributed by atoms with Gasteiger partial charge in [0.05, 0.1) is 6.21 Å². The van der Waals surface area contributed by atoms with Gasteiger partial charge < -0.3 is 10.6 Å². The molecule has 3 aromatic rings. The third-order valence-corrected chi connectivity index (χ3v) is 4.41. The topological polar surface area (TPSA) is 70.7 Å². The minimum atomic E-state index is -0.270. The van der Waals surface area contributed by atoms with E-state index in [2.05, 4.69) is 58.7 Å². The Morgan fingerprint density at radius 3 is 2.32 bits per heavy atom. The number of nitrogens with two attached hydrogens (primary N) is 1. The van der Waals surface area contributed by atoms with Gasteiger partial charge in [0, 0.05) is 30.0 Å². The number of nitrogen functional groups attached to an aromatic ring is 1. The Kier molecular flexibility index (Phi) is 6.41. The van der Waals surface area contributed by atoms with Gasteiger partial charge in [-0.05, 0) is 54.4 Å². The van der Waals surface area contributed by atoms with Gasteiger partial charge in [0.1, 0.15) is 0 Å². The van der Waals surface area contributed by atoms with Crippen LogP contribution in [0.3, 0.4) is 0 Å². The van der Waals surface area contributed by atoms with Crippen molar-refractivity contribution in [1.82, 2.24) is 5.43 Å². The summed E-state index contributed by atoms with van der Waals surface area (Å²) in [5.41, 5.74) is 12.6. The first-order valence-corrected chi connectivity index (χ1v) is 9.23. The molecule has 0 spiro atoms. The second kappa shape index (κ2) is 9.37. The fraction of sp³-hybridized carbons (Fsp3) is 0.130. The molecule has 5 nitrogen and oxygen atoms in total. The lowest BCUT2D eigenvalue weighted by Gasteiger charge is -2.23. The Labute approximate surface area is 165 Å². The number of benzene rings is 3. The van der Waals surface area contributed by atoms with Crippen LogP contribution in [0.25, 0.3) is 0 Å². The summed E-state index contributed by atoms with van der Waals surface area (Å²) < 4.78 is 0. The fourth-order valence-electron chi connectivity index (χ4n) is 2.83. The Balaban J connectivity index is 1.59. The largest absolute Gasteiger partial charge is 0.399 e. The minimum Gasteiger partial charge on any atom is -0.399 e. The predicted octanol–water partition coefficient (Wildman–Crippen LogP) is 4.06. The summed E-state index contributed by atoms with van der Waals surface area (Å²) in [6.45, 7) is 3.92. The van der Waals surface area contributed by atoms with Gasteiger partial charge in [-0.25, -0.2) is 5.43 Å². The summed E-state index contributed by atoms with van der Waals surface area (Å²) in [4.78, 5) is 14.3. The second-order valence-corrected chi connectivity index (χ2v) is 6.41.